The summed E-state index contributed by atoms with van der Waals surface area (Å²) in [5.74, 6) is -3.13. The van der Waals surface area contributed by atoms with Crippen LogP contribution >= 0.6 is 0 Å². The Morgan fingerprint density at radius 2 is 1.95 bits per heavy atom. The molecule has 1 aromatic heterocycles. The molecule has 0 radical (unpaired) electrons. The van der Waals surface area contributed by atoms with Crippen molar-refractivity contribution in [2.45, 2.75) is 33.2 Å². The van der Waals surface area contributed by atoms with E-state index in [2.05, 4.69) is 4.98 Å². The lowest BCUT2D eigenvalue weighted by molar-refractivity contribution is -0.138. The smallest absolute Gasteiger partial charge is 0.320 e. The number of carbonyl (C=O) groups is 2. The fraction of sp³-hybridized carbons (Fsp3) is 0.462. The maximum Gasteiger partial charge on any atom is 0.320 e. The van der Waals surface area contributed by atoms with Gasteiger partial charge in [0.2, 0.25) is 5.88 Å². The van der Waals surface area contributed by atoms with E-state index in [9.17, 15) is 14.0 Å². The highest BCUT2D eigenvalue weighted by Gasteiger charge is 2.24. The lowest BCUT2D eigenvalue weighted by atomic mass is 10.0. The molecule has 5 N–H and O–H groups in total. The molecular weight excluding hydrogens is 281 g/mol. The van der Waals surface area contributed by atoms with Crippen molar-refractivity contribution in [1.29, 1.82) is 0 Å². The molecule has 1 aromatic rings. The van der Waals surface area contributed by atoms with Crippen molar-refractivity contribution in [3.8, 4) is 5.88 Å². The van der Waals surface area contributed by atoms with Crippen LogP contribution in [-0.4, -0.2) is 35.1 Å². The molecular formula is C13H20FN3O4. The quantitative estimate of drug-likeness (QED) is 0.731. The van der Waals surface area contributed by atoms with Crippen LogP contribution in [0.4, 0.5) is 4.39 Å². The summed E-state index contributed by atoms with van der Waals surface area (Å²) >= 11 is 0. The maximum atomic E-state index is 14.0. The van der Waals surface area contributed by atoms with E-state index < -0.39 is 23.7 Å². The average Bonchev–Trinajstić information content (AvgIpc) is 2.44. The number of nitrogens with zero attached hydrogens (tertiary/aromatic N) is 1. The largest absolute Gasteiger partial charge is 0.480 e. The normalized spacial score (nSPS) is 11.1. The number of pyridine rings is 1. The Hall–Kier alpha value is -2.22. The Morgan fingerprint density at radius 3 is 2.33 bits per heavy atom. The second-order valence-electron chi connectivity index (χ2n) is 3.89. The highest BCUT2D eigenvalue weighted by atomic mass is 19.1. The van der Waals surface area contributed by atoms with Crippen molar-refractivity contribution < 1.29 is 23.8 Å². The number of amides is 1. The molecule has 1 heterocycles. The summed E-state index contributed by atoms with van der Waals surface area (Å²) in [4.78, 5) is 25.6. The van der Waals surface area contributed by atoms with Crippen LogP contribution in [0.15, 0.2) is 0 Å². The van der Waals surface area contributed by atoms with Crippen LogP contribution in [0, 0.1) is 12.7 Å². The Morgan fingerprint density at radius 1 is 1.43 bits per heavy atom. The average molecular weight is 301 g/mol. The maximum absolute atomic E-state index is 14.0. The van der Waals surface area contributed by atoms with Gasteiger partial charge in [0, 0.05) is 12.0 Å². The van der Waals surface area contributed by atoms with Gasteiger partial charge < -0.3 is 21.3 Å². The van der Waals surface area contributed by atoms with Crippen molar-refractivity contribution in [2.75, 3.05) is 7.11 Å². The van der Waals surface area contributed by atoms with Crippen molar-refractivity contribution in [2.24, 2.45) is 11.5 Å². The molecule has 1 amide bonds. The van der Waals surface area contributed by atoms with E-state index in [0.29, 0.717) is 0 Å². The third-order valence-electron chi connectivity index (χ3n) is 2.58. The third kappa shape index (κ3) is 4.38. The molecule has 0 aliphatic heterocycles. The summed E-state index contributed by atoms with van der Waals surface area (Å²) in [5, 5.41) is 8.69. The summed E-state index contributed by atoms with van der Waals surface area (Å²) in [6, 6.07) is -1.30. The molecule has 0 fully saturated rings. The van der Waals surface area contributed by atoms with E-state index in [1.165, 1.54) is 14.0 Å². The van der Waals surface area contributed by atoms with E-state index in [0.717, 1.165) is 0 Å². The van der Waals surface area contributed by atoms with E-state index in [-0.39, 0.29) is 29.1 Å². The first-order valence-electron chi connectivity index (χ1n) is 6.30. The Kier molecular flexibility index (Phi) is 7.29. The van der Waals surface area contributed by atoms with Gasteiger partial charge in [0.05, 0.1) is 12.8 Å². The van der Waals surface area contributed by atoms with Crippen molar-refractivity contribution in [3.05, 3.63) is 22.6 Å². The number of rotatable bonds is 5. The third-order valence-corrected chi connectivity index (χ3v) is 2.58. The second-order valence-corrected chi connectivity index (χ2v) is 3.89. The van der Waals surface area contributed by atoms with Crippen LogP contribution in [0.25, 0.3) is 0 Å². The van der Waals surface area contributed by atoms with Gasteiger partial charge in [0.15, 0.2) is 0 Å². The number of carboxylic acid groups (broad SMARTS) is 1. The predicted molar refractivity (Wildman–Crippen MR) is 74.7 cm³/mol. The first-order valence-corrected chi connectivity index (χ1v) is 6.30. The van der Waals surface area contributed by atoms with Gasteiger partial charge in [-0.2, -0.15) is 0 Å². The van der Waals surface area contributed by atoms with Crippen molar-refractivity contribution in [3.63, 3.8) is 0 Å². The fourth-order valence-electron chi connectivity index (χ4n) is 1.58. The highest BCUT2D eigenvalue weighted by Crippen LogP contribution is 2.24. The molecule has 0 spiro atoms. The van der Waals surface area contributed by atoms with Gasteiger partial charge in [-0.3, -0.25) is 9.59 Å². The Labute approximate surface area is 122 Å². The van der Waals surface area contributed by atoms with Crippen LogP contribution in [-0.2, 0) is 11.2 Å². The van der Waals surface area contributed by atoms with Gasteiger partial charge in [0.1, 0.15) is 17.4 Å². The molecule has 0 saturated heterocycles. The molecule has 0 saturated carbocycles. The summed E-state index contributed by atoms with van der Waals surface area (Å²) in [6.07, 6.45) is -0.322. The molecule has 1 unspecified atom stereocenters. The number of carbonyl (C=O) groups excluding carboxylic acids is 1. The summed E-state index contributed by atoms with van der Waals surface area (Å²) < 4.78 is 18.8. The first-order chi connectivity index (χ1) is 9.79. The van der Waals surface area contributed by atoms with Crippen LogP contribution in [0.3, 0.4) is 0 Å². The van der Waals surface area contributed by atoms with Crippen molar-refractivity contribution >= 4 is 11.9 Å². The number of halogens is 1. The zero-order valence-electron chi connectivity index (χ0n) is 12.4. The topological polar surface area (TPSA) is 129 Å². The zero-order valence-corrected chi connectivity index (χ0v) is 12.4. The number of methoxy groups -OCH3 is 1. The lowest BCUT2D eigenvalue weighted by Crippen LogP contribution is -2.33. The molecule has 118 valence electrons. The van der Waals surface area contributed by atoms with Crippen LogP contribution in [0.2, 0.25) is 0 Å². The van der Waals surface area contributed by atoms with Gasteiger partial charge in [-0.15, -0.1) is 0 Å². The number of hydrogen-bond donors (Lipinski definition) is 3. The minimum atomic E-state index is -1.30. The molecule has 7 nitrogen and oxygen atoms in total. The first kappa shape index (κ1) is 18.8. The number of aromatic nitrogens is 1. The Bertz CT molecular complexity index is 535. The van der Waals surface area contributed by atoms with E-state index in [4.69, 9.17) is 21.3 Å². The number of hydrogen-bond acceptors (Lipinski definition) is 5. The molecule has 1 atom stereocenters. The number of primary amides is 1. The molecule has 21 heavy (non-hydrogen) atoms. The van der Waals surface area contributed by atoms with Gasteiger partial charge in [-0.05, 0) is 6.92 Å². The van der Waals surface area contributed by atoms with E-state index in [1.807, 2.05) is 13.8 Å². The van der Waals surface area contributed by atoms with Crippen molar-refractivity contribution in [1.82, 2.24) is 4.98 Å². The zero-order chi connectivity index (χ0) is 16.7. The van der Waals surface area contributed by atoms with Crippen LogP contribution in [0.1, 0.15) is 35.5 Å². The summed E-state index contributed by atoms with van der Waals surface area (Å²) in [7, 11) is 1.24. The predicted octanol–water partition coefficient (Wildman–Crippen LogP) is 0.617. The second kappa shape index (κ2) is 8.15. The molecule has 0 aliphatic carbocycles. The van der Waals surface area contributed by atoms with Gasteiger partial charge in [-0.25, -0.2) is 9.37 Å². The SMILES string of the molecule is CC.COc1nc(CC(N)C(=O)O)c(F)c(C)c1C(N)=O. The minimum absolute atomic E-state index is 0.0491. The van der Waals surface area contributed by atoms with E-state index >= 15 is 0 Å². The Balaban J connectivity index is 0.00000191. The minimum Gasteiger partial charge on any atom is -0.480 e. The number of carboxylic acids is 1. The lowest BCUT2D eigenvalue weighted by Gasteiger charge is -2.13. The molecule has 0 aromatic carbocycles. The van der Waals surface area contributed by atoms with Crippen LogP contribution < -0.4 is 16.2 Å². The number of aliphatic carboxylic acids is 1. The molecule has 0 bridgehead atoms. The van der Waals surface area contributed by atoms with Crippen LogP contribution in [0.5, 0.6) is 5.88 Å². The van der Waals surface area contributed by atoms with Gasteiger partial charge >= 0.3 is 5.97 Å². The molecule has 8 heteroatoms. The summed E-state index contributed by atoms with van der Waals surface area (Å²) in [6.45, 7) is 5.33. The van der Waals surface area contributed by atoms with E-state index in [1.54, 1.807) is 0 Å². The van der Waals surface area contributed by atoms with Gasteiger partial charge in [0.25, 0.3) is 5.91 Å². The standard InChI is InChI=1S/C11H14FN3O4.C2H6/c1-4-7(9(14)16)10(19-2)15-6(8(4)12)3-5(13)11(17)18;1-2/h5H,3,13H2,1-2H3,(H2,14,16)(H,17,18);1-2H3. The van der Waals surface area contributed by atoms with Gasteiger partial charge in [-0.1, -0.05) is 13.8 Å². The number of nitrogens with two attached hydrogens (primary N) is 2. The fourth-order valence-corrected chi connectivity index (χ4v) is 1.58. The summed E-state index contributed by atoms with van der Waals surface area (Å²) in [5.41, 5.74) is 10.0. The highest BCUT2D eigenvalue weighted by molar-refractivity contribution is 5.96. The monoisotopic (exact) mass is 301 g/mol. The molecule has 0 aliphatic rings. The molecule has 1 rings (SSSR count). The number of ether oxygens (including phenoxy) is 1.